The number of nitrogens with zero attached hydrogens (tertiary/aromatic N) is 1. The lowest BCUT2D eigenvalue weighted by Crippen LogP contribution is -2.05. The number of carbonyl (C=O) groups is 1. The van der Waals surface area contributed by atoms with Crippen LogP contribution in [0.15, 0.2) is 44.8 Å². The van der Waals surface area contributed by atoms with Gasteiger partial charge in [0.1, 0.15) is 0 Å². The highest BCUT2D eigenvalue weighted by Gasteiger charge is 2.26. The number of carbonyl (C=O) groups excluding carboxylic acids is 1. The molecule has 4 rings (SSSR count). The van der Waals surface area contributed by atoms with Crippen LogP contribution in [0.3, 0.4) is 0 Å². The zero-order valence-electron chi connectivity index (χ0n) is 11.0. The van der Waals surface area contributed by atoms with E-state index in [1.54, 1.807) is 24.3 Å². The third-order valence-electron chi connectivity index (χ3n) is 3.11. The van der Waals surface area contributed by atoms with Gasteiger partial charge in [0.15, 0.2) is 17.2 Å². The van der Waals surface area contributed by atoms with Crippen molar-refractivity contribution in [2.45, 2.75) is 0 Å². The van der Waals surface area contributed by atoms with E-state index in [1.807, 2.05) is 12.1 Å². The Morgan fingerprint density at radius 2 is 2.05 bits per heavy atom. The average Bonchev–Trinajstić information content (AvgIpc) is 3.20. The molecule has 2 aliphatic rings. The summed E-state index contributed by atoms with van der Waals surface area (Å²) in [5.41, 5.74) is 0.954. The summed E-state index contributed by atoms with van der Waals surface area (Å²) >= 11 is 4.90. The second-order valence-electron chi connectivity index (χ2n) is 4.55. The van der Waals surface area contributed by atoms with Crippen LogP contribution >= 0.6 is 27.3 Å². The maximum Gasteiger partial charge on any atom is 0.363 e. The van der Waals surface area contributed by atoms with E-state index in [2.05, 4.69) is 20.9 Å². The number of halogens is 1. The van der Waals surface area contributed by atoms with Crippen molar-refractivity contribution < 1.29 is 19.0 Å². The molecule has 0 bridgehead atoms. The highest BCUT2D eigenvalue weighted by molar-refractivity contribution is 9.11. The molecule has 0 aliphatic carbocycles. The lowest BCUT2D eigenvalue weighted by Gasteiger charge is -2.01. The molecule has 0 saturated heterocycles. The van der Waals surface area contributed by atoms with Crippen LogP contribution in [-0.2, 0) is 9.53 Å². The Bertz CT molecular complexity index is 840. The van der Waals surface area contributed by atoms with Crippen LogP contribution in [0.25, 0.3) is 6.08 Å². The Morgan fingerprint density at radius 1 is 1.18 bits per heavy atom. The molecule has 1 aromatic heterocycles. The average molecular weight is 378 g/mol. The first-order chi connectivity index (χ1) is 10.7. The Hall–Kier alpha value is -2.12. The lowest BCUT2D eigenvalue weighted by molar-refractivity contribution is -0.129. The summed E-state index contributed by atoms with van der Waals surface area (Å²) in [5.74, 6) is 1.10. The number of ether oxygens (including phenoxy) is 3. The number of aliphatic imine (C=N–C) groups is 1. The lowest BCUT2D eigenvalue weighted by atomic mass is 10.2. The van der Waals surface area contributed by atoms with E-state index in [9.17, 15) is 4.79 Å². The molecule has 3 heterocycles. The van der Waals surface area contributed by atoms with Crippen LogP contribution in [0, 0.1) is 0 Å². The molecule has 0 unspecified atom stereocenters. The van der Waals surface area contributed by atoms with Crippen LogP contribution in [0.1, 0.15) is 10.4 Å². The van der Waals surface area contributed by atoms with Gasteiger partial charge in [-0.1, -0.05) is 0 Å². The maximum absolute atomic E-state index is 11.9. The topological polar surface area (TPSA) is 57.1 Å². The number of hydrogen-bond acceptors (Lipinski definition) is 6. The van der Waals surface area contributed by atoms with Gasteiger partial charge >= 0.3 is 5.97 Å². The van der Waals surface area contributed by atoms with E-state index in [1.165, 1.54) is 11.3 Å². The van der Waals surface area contributed by atoms with Crippen molar-refractivity contribution in [3.63, 3.8) is 0 Å². The summed E-state index contributed by atoms with van der Waals surface area (Å²) in [6.45, 7) is 0.198. The van der Waals surface area contributed by atoms with Crippen molar-refractivity contribution in [2.24, 2.45) is 4.99 Å². The van der Waals surface area contributed by atoms with Gasteiger partial charge in [-0.15, -0.1) is 11.3 Å². The van der Waals surface area contributed by atoms with Crippen LogP contribution in [0.5, 0.6) is 11.5 Å². The quantitative estimate of drug-likeness (QED) is 0.592. The molecule has 110 valence electrons. The van der Waals surface area contributed by atoms with Gasteiger partial charge in [0.05, 0.1) is 3.79 Å². The van der Waals surface area contributed by atoms with Crippen molar-refractivity contribution in [3.8, 4) is 11.5 Å². The standard InChI is InChI=1S/C15H8BrNO4S/c16-13-4-2-9(22-13)6-10-15(18)21-14(17-10)8-1-3-11-12(5-8)20-7-19-11/h1-6H,7H2/b10-6-. The molecule has 0 radical (unpaired) electrons. The van der Waals surface area contributed by atoms with Crippen molar-refractivity contribution in [2.75, 3.05) is 6.79 Å². The van der Waals surface area contributed by atoms with Crippen molar-refractivity contribution in [1.29, 1.82) is 0 Å². The van der Waals surface area contributed by atoms with Crippen LogP contribution < -0.4 is 9.47 Å². The van der Waals surface area contributed by atoms with Crippen LogP contribution in [0.4, 0.5) is 0 Å². The first-order valence-electron chi connectivity index (χ1n) is 6.37. The number of benzene rings is 1. The zero-order chi connectivity index (χ0) is 15.1. The molecule has 0 amide bonds. The van der Waals surface area contributed by atoms with E-state index in [-0.39, 0.29) is 18.4 Å². The number of cyclic esters (lactones) is 1. The third-order valence-corrected chi connectivity index (χ3v) is 4.68. The fourth-order valence-corrected chi connectivity index (χ4v) is 3.46. The summed E-state index contributed by atoms with van der Waals surface area (Å²) in [5, 5.41) is 0. The monoisotopic (exact) mass is 377 g/mol. The normalized spacial score (nSPS) is 17.8. The Labute approximate surface area is 138 Å². The van der Waals surface area contributed by atoms with Gasteiger partial charge in [0.2, 0.25) is 12.7 Å². The molecule has 22 heavy (non-hydrogen) atoms. The summed E-state index contributed by atoms with van der Waals surface area (Å²) in [4.78, 5) is 17.1. The predicted octanol–water partition coefficient (Wildman–Crippen LogP) is 3.58. The van der Waals surface area contributed by atoms with E-state index in [0.717, 1.165) is 8.66 Å². The molecule has 1 aromatic carbocycles. The van der Waals surface area contributed by atoms with Crippen LogP contribution in [0.2, 0.25) is 0 Å². The first kappa shape index (κ1) is 13.5. The number of fused-ring (bicyclic) bond motifs is 1. The van der Waals surface area contributed by atoms with Gasteiger partial charge in [0, 0.05) is 10.4 Å². The van der Waals surface area contributed by atoms with E-state index in [4.69, 9.17) is 14.2 Å². The first-order valence-corrected chi connectivity index (χ1v) is 7.98. The number of esters is 1. The molecule has 0 spiro atoms. The summed E-state index contributed by atoms with van der Waals surface area (Å²) < 4.78 is 16.8. The number of rotatable bonds is 2. The van der Waals surface area contributed by atoms with E-state index >= 15 is 0 Å². The minimum Gasteiger partial charge on any atom is -0.454 e. The maximum atomic E-state index is 11.9. The number of thiophene rings is 1. The minimum absolute atomic E-state index is 0.198. The smallest absolute Gasteiger partial charge is 0.363 e. The van der Waals surface area contributed by atoms with Gasteiger partial charge in [-0.3, -0.25) is 0 Å². The largest absolute Gasteiger partial charge is 0.454 e. The van der Waals surface area contributed by atoms with Crippen molar-refractivity contribution in [1.82, 2.24) is 0 Å². The van der Waals surface area contributed by atoms with Gasteiger partial charge in [-0.05, 0) is 52.3 Å². The van der Waals surface area contributed by atoms with Crippen molar-refractivity contribution >= 4 is 45.2 Å². The van der Waals surface area contributed by atoms with Gasteiger partial charge in [0.25, 0.3) is 0 Å². The molecule has 7 heteroatoms. The molecule has 0 fully saturated rings. The Kier molecular flexibility index (Phi) is 3.24. The molecular weight excluding hydrogens is 370 g/mol. The van der Waals surface area contributed by atoms with E-state index in [0.29, 0.717) is 17.1 Å². The fraction of sp³-hybridized carbons (Fsp3) is 0.0667. The zero-order valence-corrected chi connectivity index (χ0v) is 13.4. The molecule has 2 aromatic rings. The fourth-order valence-electron chi connectivity index (χ4n) is 2.10. The van der Waals surface area contributed by atoms with Gasteiger partial charge in [-0.2, -0.15) is 0 Å². The molecule has 0 atom stereocenters. The van der Waals surface area contributed by atoms with Gasteiger partial charge in [-0.25, -0.2) is 9.79 Å². The Balaban J connectivity index is 1.67. The second-order valence-corrected chi connectivity index (χ2v) is 7.04. The number of hydrogen-bond donors (Lipinski definition) is 0. The van der Waals surface area contributed by atoms with Crippen molar-refractivity contribution in [3.05, 3.63) is 50.3 Å². The summed E-state index contributed by atoms with van der Waals surface area (Å²) in [6, 6.07) is 9.12. The SMILES string of the molecule is O=C1OC(c2ccc3c(c2)OCO3)=N/C1=C\c1ccc(Br)s1. The summed E-state index contributed by atoms with van der Waals surface area (Å²) in [6.07, 6.45) is 1.71. The van der Waals surface area contributed by atoms with Crippen LogP contribution in [-0.4, -0.2) is 18.7 Å². The minimum atomic E-state index is -0.461. The molecular formula is C15H8BrNO4S. The van der Waals surface area contributed by atoms with Gasteiger partial charge < -0.3 is 14.2 Å². The highest BCUT2D eigenvalue weighted by atomic mass is 79.9. The predicted molar refractivity (Wildman–Crippen MR) is 85.2 cm³/mol. The molecule has 2 aliphatic heterocycles. The third kappa shape index (κ3) is 2.42. The molecule has 0 N–H and O–H groups in total. The molecule has 5 nitrogen and oxygen atoms in total. The molecule has 0 saturated carbocycles. The second kappa shape index (κ2) is 5.26. The Morgan fingerprint density at radius 3 is 2.86 bits per heavy atom. The van der Waals surface area contributed by atoms with E-state index < -0.39 is 5.97 Å². The summed E-state index contributed by atoms with van der Waals surface area (Å²) in [7, 11) is 0. The highest BCUT2D eigenvalue weighted by Crippen LogP contribution is 2.34.